The fraction of sp³-hybridized carbons (Fsp3) is 0.586. The van der Waals surface area contributed by atoms with E-state index < -0.39 is 0 Å². The second kappa shape index (κ2) is 11.6. The highest BCUT2D eigenvalue weighted by molar-refractivity contribution is 5.65. The Bertz CT molecular complexity index is 724. The normalized spacial score (nSPS) is 17.1. The monoisotopic (exact) mass is 390 g/mol. The molecule has 0 aromatic heterocycles. The van der Waals surface area contributed by atoms with E-state index in [1.807, 2.05) is 0 Å². The van der Waals surface area contributed by atoms with Crippen LogP contribution in [-0.4, -0.2) is 0 Å². The van der Waals surface area contributed by atoms with Crippen LogP contribution in [0.1, 0.15) is 95.2 Å². The van der Waals surface area contributed by atoms with Crippen molar-refractivity contribution in [2.75, 3.05) is 0 Å². The van der Waals surface area contributed by atoms with Crippen LogP contribution in [0.5, 0.6) is 0 Å². The summed E-state index contributed by atoms with van der Waals surface area (Å²) < 4.78 is 0. The van der Waals surface area contributed by atoms with Gasteiger partial charge in [0.15, 0.2) is 0 Å². The van der Waals surface area contributed by atoms with E-state index in [1.165, 1.54) is 93.7 Å². The fourth-order valence-electron chi connectivity index (χ4n) is 4.85. The summed E-state index contributed by atoms with van der Waals surface area (Å²) in [6.45, 7) is 6.93. The molecule has 1 aliphatic carbocycles. The third-order valence-corrected chi connectivity index (χ3v) is 7.07. The Kier molecular flexibility index (Phi) is 8.84. The van der Waals surface area contributed by atoms with Crippen molar-refractivity contribution in [3.63, 3.8) is 0 Å². The molecule has 2 aromatic carbocycles. The Morgan fingerprint density at radius 1 is 0.828 bits per heavy atom. The first-order valence-electron chi connectivity index (χ1n) is 12.4. The highest BCUT2D eigenvalue weighted by Crippen LogP contribution is 2.32. The molecule has 0 heterocycles. The quantitative estimate of drug-likeness (QED) is 0.336. The fourth-order valence-corrected chi connectivity index (χ4v) is 4.85. The predicted molar refractivity (Wildman–Crippen MR) is 129 cm³/mol. The minimum absolute atomic E-state index is 0.772. The molecule has 0 N–H and O–H groups in total. The standard InChI is InChI=1S/C29H42/c1-4-6-7-8-9-10-11-24-14-17-29-22-28(19-18-27(29)21-24)26-15-12-25(13-16-26)20-23(3)5-2/h12-13,15-16,18-19,22-24H,4-11,14,17,20-21H2,1-3H3. The molecular weight excluding hydrogens is 348 g/mol. The van der Waals surface area contributed by atoms with Crippen LogP contribution in [0.3, 0.4) is 0 Å². The van der Waals surface area contributed by atoms with E-state index in [-0.39, 0.29) is 0 Å². The molecule has 0 amide bonds. The largest absolute Gasteiger partial charge is 0.0654 e. The summed E-state index contributed by atoms with van der Waals surface area (Å²) in [7, 11) is 0. The summed E-state index contributed by atoms with van der Waals surface area (Å²) in [5, 5.41) is 0. The molecule has 0 heteroatoms. The van der Waals surface area contributed by atoms with Crippen LogP contribution < -0.4 is 0 Å². The zero-order chi connectivity index (χ0) is 20.5. The highest BCUT2D eigenvalue weighted by atomic mass is 14.2. The van der Waals surface area contributed by atoms with Crippen molar-refractivity contribution in [1.82, 2.24) is 0 Å². The summed E-state index contributed by atoms with van der Waals surface area (Å²) in [5.74, 6) is 1.69. The van der Waals surface area contributed by atoms with Gasteiger partial charge in [-0.05, 0) is 65.3 Å². The van der Waals surface area contributed by atoms with Crippen LogP contribution in [0.15, 0.2) is 42.5 Å². The van der Waals surface area contributed by atoms with Gasteiger partial charge in [-0.2, -0.15) is 0 Å². The second-order valence-electron chi connectivity index (χ2n) is 9.56. The molecule has 0 fully saturated rings. The van der Waals surface area contributed by atoms with E-state index in [9.17, 15) is 0 Å². The van der Waals surface area contributed by atoms with Crippen molar-refractivity contribution >= 4 is 0 Å². The van der Waals surface area contributed by atoms with Crippen molar-refractivity contribution in [2.24, 2.45) is 11.8 Å². The molecule has 0 saturated heterocycles. The smallest absolute Gasteiger partial charge is 0.0181 e. The minimum Gasteiger partial charge on any atom is -0.0654 e. The number of unbranched alkanes of at least 4 members (excludes halogenated alkanes) is 5. The van der Waals surface area contributed by atoms with E-state index in [1.54, 1.807) is 11.1 Å². The molecule has 2 aromatic rings. The van der Waals surface area contributed by atoms with Crippen molar-refractivity contribution in [3.05, 3.63) is 59.2 Å². The van der Waals surface area contributed by atoms with Gasteiger partial charge in [0.05, 0.1) is 0 Å². The first-order chi connectivity index (χ1) is 14.2. The first-order valence-corrected chi connectivity index (χ1v) is 12.4. The van der Waals surface area contributed by atoms with Crippen molar-refractivity contribution in [3.8, 4) is 11.1 Å². The van der Waals surface area contributed by atoms with Crippen LogP contribution in [0.25, 0.3) is 11.1 Å². The van der Waals surface area contributed by atoms with Gasteiger partial charge >= 0.3 is 0 Å². The number of hydrogen-bond acceptors (Lipinski definition) is 0. The lowest BCUT2D eigenvalue weighted by Gasteiger charge is -2.25. The van der Waals surface area contributed by atoms with Gasteiger partial charge < -0.3 is 0 Å². The molecule has 0 saturated carbocycles. The third-order valence-electron chi connectivity index (χ3n) is 7.07. The Labute approximate surface area is 180 Å². The van der Waals surface area contributed by atoms with Gasteiger partial charge in [0, 0.05) is 0 Å². The SMILES string of the molecule is CCCCCCCCC1CCc2cc(-c3ccc(CC(C)CC)cc3)ccc2C1. The van der Waals surface area contributed by atoms with Crippen LogP contribution in [0.2, 0.25) is 0 Å². The Hall–Kier alpha value is -1.56. The lowest BCUT2D eigenvalue weighted by atomic mass is 9.80. The van der Waals surface area contributed by atoms with Gasteiger partial charge in [0.1, 0.15) is 0 Å². The molecule has 2 atom stereocenters. The topological polar surface area (TPSA) is 0 Å². The summed E-state index contributed by atoms with van der Waals surface area (Å²) in [6, 6.07) is 16.6. The maximum atomic E-state index is 2.47. The van der Waals surface area contributed by atoms with Crippen molar-refractivity contribution in [2.45, 2.75) is 97.8 Å². The van der Waals surface area contributed by atoms with Gasteiger partial charge in [0.25, 0.3) is 0 Å². The first kappa shape index (κ1) is 22.1. The average molecular weight is 391 g/mol. The van der Waals surface area contributed by atoms with Gasteiger partial charge in [-0.1, -0.05) is 115 Å². The van der Waals surface area contributed by atoms with E-state index in [2.05, 4.69) is 63.2 Å². The van der Waals surface area contributed by atoms with Crippen LogP contribution in [-0.2, 0) is 19.3 Å². The molecule has 1 aliphatic rings. The number of hydrogen-bond donors (Lipinski definition) is 0. The lowest BCUT2D eigenvalue weighted by Crippen LogP contribution is -2.14. The second-order valence-corrected chi connectivity index (χ2v) is 9.56. The Morgan fingerprint density at radius 3 is 2.31 bits per heavy atom. The summed E-state index contributed by atoms with van der Waals surface area (Å²) in [6.07, 6.45) is 16.4. The Balaban J connectivity index is 1.53. The number of rotatable bonds is 11. The zero-order valence-corrected chi connectivity index (χ0v) is 19.2. The van der Waals surface area contributed by atoms with E-state index in [0.29, 0.717) is 0 Å². The third kappa shape index (κ3) is 6.73. The Morgan fingerprint density at radius 2 is 1.55 bits per heavy atom. The molecule has 0 bridgehead atoms. The molecule has 0 radical (unpaired) electrons. The molecule has 2 unspecified atom stereocenters. The number of aryl methyl sites for hydroxylation is 1. The molecule has 0 aliphatic heterocycles. The van der Waals surface area contributed by atoms with E-state index >= 15 is 0 Å². The maximum Gasteiger partial charge on any atom is -0.0181 e. The highest BCUT2D eigenvalue weighted by Gasteiger charge is 2.18. The van der Waals surface area contributed by atoms with Crippen molar-refractivity contribution in [1.29, 1.82) is 0 Å². The maximum absolute atomic E-state index is 2.47. The summed E-state index contributed by atoms with van der Waals surface area (Å²) in [4.78, 5) is 0. The van der Waals surface area contributed by atoms with Crippen LogP contribution >= 0.6 is 0 Å². The molecule has 158 valence electrons. The molecule has 0 nitrogen and oxygen atoms in total. The molecule has 3 rings (SSSR count). The average Bonchev–Trinajstić information content (AvgIpc) is 2.76. The lowest BCUT2D eigenvalue weighted by molar-refractivity contribution is 0.404. The van der Waals surface area contributed by atoms with Crippen LogP contribution in [0, 0.1) is 11.8 Å². The van der Waals surface area contributed by atoms with Crippen LogP contribution in [0.4, 0.5) is 0 Å². The summed E-state index contributed by atoms with van der Waals surface area (Å²) in [5.41, 5.74) is 7.46. The minimum atomic E-state index is 0.772. The molecular formula is C29H42. The van der Waals surface area contributed by atoms with Crippen molar-refractivity contribution < 1.29 is 0 Å². The summed E-state index contributed by atoms with van der Waals surface area (Å²) >= 11 is 0. The van der Waals surface area contributed by atoms with Gasteiger partial charge in [-0.25, -0.2) is 0 Å². The zero-order valence-electron chi connectivity index (χ0n) is 19.2. The molecule has 0 spiro atoms. The van der Waals surface area contributed by atoms with E-state index in [0.717, 1.165) is 11.8 Å². The van der Waals surface area contributed by atoms with Gasteiger partial charge in [0.2, 0.25) is 0 Å². The number of benzene rings is 2. The van der Waals surface area contributed by atoms with Gasteiger partial charge in [-0.15, -0.1) is 0 Å². The van der Waals surface area contributed by atoms with E-state index in [4.69, 9.17) is 0 Å². The predicted octanol–water partition coefficient (Wildman–Crippen LogP) is 8.80. The van der Waals surface area contributed by atoms with Gasteiger partial charge in [-0.3, -0.25) is 0 Å². The molecule has 29 heavy (non-hydrogen) atoms. The number of fused-ring (bicyclic) bond motifs is 1.